The topological polar surface area (TPSA) is 52.9 Å². The van der Waals surface area contributed by atoms with Crippen molar-refractivity contribution < 1.29 is 4.79 Å². The number of hydrogen-bond acceptors (Lipinski definition) is 2. The zero-order chi connectivity index (χ0) is 13.7. The third kappa shape index (κ3) is 4.06. The van der Waals surface area contributed by atoms with Gasteiger partial charge in [0.25, 0.3) is 5.91 Å². The van der Waals surface area contributed by atoms with E-state index < -0.39 is 5.91 Å². The van der Waals surface area contributed by atoms with Crippen LogP contribution in [0.4, 0.5) is 0 Å². The second kappa shape index (κ2) is 6.44. The summed E-state index contributed by atoms with van der Waals surface area (Å²) >= 11 is 11.6. The van der Waals surface area contributed by atoms with E-state index >= 15 is 0 Å². The van der Waals surface area contributed by atoms with Crippen molar-refractivity contribution in [1.82, 2.24) is 5.32 Å². The van der Waals surface area contributed by atoms with Gasteiger partial charge in [0.1, 0.15) is 11.6 Å². The van der Waals surface area contributed by atoms with Crippen LogP contribution in [0, 0.1) is 11.3 Å². The largest absolute Gasteiger partial charge is 0.349 e. The Balaban J connectivity index is 3.01. The molecule has 0 aromatic heterocycles. The van der Waals surface area contributed by atoms with Crippen LogP contribution >= 0.6 is 23.2 Å². The van der Waals surface area contributed by atoms with Gasteiger partial charge in [-0.2, -0.15) is 5.26 Å². The maximum atomic E-state index is 11.7. The van der Waals surface area contributed by atoms with Gasteiger partial charge in [0.05, 0.1) is 10.0 Å². The molecule has 18 heavy (non-hydrogen) atoms. The Morgan fingerprint density at radius 1 is 1.39 bits per heavy atom. The van der Waals surface area contributed by atoms with Gasteiger partial charge in [-0.05, 0) is 37.6 Å². The van der Waals surface area contributed by atoms with Gasteiger partial charge in [-0.1, -0.05) is 29.3 Å². The number of carbonyl (C=O) groups excluding carboxylic acids is 1. The molecule has 0 atom stereocenters. The summed E-state index contributed by atoms with van der Waals surface area (Å²) in [5, 5.41) is 12.4. The first-order valence-electron chi connectivity index (χ1n) is 5.31. The van der Waals surface area contributed by atoms with Crippen LogP contribution in [0.3, 0.4) is 0 Å². The fourth-order valence-electron chi connectivity index (χ4n) is 1.26. The smallest absolute Gasteiger partial charge is 0.262 e. The maximum Gasteiger partial charge on any atom is 0.262 e. The number of hydrogen-bond donors (Lipinski definition) is 1. The normalized spacial score (nSPS) is 11.2. The fourth-order valence-corrected chi connectivity index (χ4v) is 1.56. The summed E-state index contributed by atoms with van der Waals surface area (Å²) < 4.78 is 0. The Morgan fingerprint density at radius 3 is 2.56 bits per heavy atom. The molecular weight excluding hydrogens is 271 g/mol. The van der Waals surface area contributed by atoms with Crippen LogP contribution in [0.25, 0.3) is 6.08 Å². The summed E-state index contributed by atoms with van der Waals surface area (Å²) in [7, 11) is 0. The third-order valence-electron chi connectivity index (χ3n) is 2.04. The lowest BCUT2D eigenvalue weighted by Gasteiger charge is -2.07. The van der Waals surface area contributed by atoms with E-state index in [0.717, 1.165) is 0 Å². The standard InChI is InChI=1S/C13H12Cl2N2O/c1-8(2)17-13(18)10(7-16)5-9-3-4-11(14)12(15)6-9/h3-6,8H,1-2H3,(H,17,18)/b10-5+. The molecular formula is C13H12Cl2N2O. The van der Waals surface area contributed by atoms with Crippen LogP contribution in [0.15, 0.2) is 23.8 Å². The van der Waals surface area contributed by atoms with E-state index in [1.54, 1.807) is 18.2 Å². The highest BCUT2D eigenvalue weighted by Crippen LogP contribution is 2.23. The molecule has 3 nitrogen and oxygen atoms in total. The van der Waals surface area contributed by atoms with Crippen molar-refractivity contribution in [3.8, 4) is 6.07 Å². The van der Waals surface area contributed by atoms with Crippen molar-refractivity contribution >= 4 is 35.2 Å². The highest BCUT2D eigenvalue weighted by molar-refractivity contribution is 6.42. The molecule has 0 radical (unpaired) electrons. The van der Waals surface area contributed by atoms with E-state index in [4.69, 9.17) is 28.5 Å². The summed E-state index contributed by atoms with van der Waals surface area (Å²) in [6, 6.07) is 6.74. The molecule has 1 amide bonds. The summed E-state index contributed by atoms with van der Waals surface area (Å²) in [5.41, 5.74) is 0.682. The Morgan fingerprint density at radius 2 is 2.06 bits per heavy atom. The fraction of sp³-hybridized carbons (Fsp3) is 0.231. The van der Waals surface area contributed by atoms with E-state index in [9.17, 15) is 4.79 Å². The Hall–Kier alpha value is -1.50. The van der Waals surface area contributed by atoms with E-state index in [1.807, 2.05) is 19.9 Å². The predicted molar refractivity (Wildman–Crippen MR) is 73.3 cm³/mol. The Kier molecular flexibility index (Phi) is 5.21. The zero-order valence-electron chi connectivity index (χ0n) is 10.00. The van der Waals surface area contributed by atoms with Crippen LogP contribution < -0.4 is 5.32 Å². The van der Waals surface area contributed by atoms with Crippen molar-refractivity contribution in [2.24, 2.45) is 0 Å². The minimum atomic E-state index is -0.404. The lowest BCUT2D eigenvalue weighted by Crippen LogP contribution is -2.30. The molecule has 0 unspecified atom stereocenters. The summed E-state index contributed by atoms with van der Waals surface area (Å²) in [6.45, 7) is 3.65. The first kappa shape index (κ1) is 14.6. The number of nitriles is 1. The lowest BCUT2D eigenvalue weighted by molar-refractivity contribution is -0.117. The van der Waals surface area contributed by atoms with Gasteiger partial charge in [0, 0.05) is 6.04 Å². The molecule has 0 fully saturated rings. The van der Waals surface area contributed by atoms with Gasteiger partial charge >= 0.3 is 0 Å². The van der Waals surface area contributed by atoms with Crippen molar-refractivity contribution in [2.45, 2.75) is 19.9 Å². The molecule has 1 aromatic carbocycles. The molecule has 0 aliphatic rings. The minimum absolute atomic E-state index is 0.0249. The van der Waals surface area contributed by atoms with Gasteiger partial charge in [0.2, 0.25) is 0 Å². The van der Waals surface area contributed by atoms with Gasteiger partial charge in [-0.15, -0.1) is 0 Å². The Labute approximate surface area is 116 Å². The van der Waals surface area contributed by atoms with E-state index in [1.165, 1.54) is 6.08 Å². The quantitative estimate of drug-likeness (QED) is 0.682. The number of amides is 1. The van der Waals surface area contributed by atoms with E-state index in [0.29, 0.717) is 15.6 Å². The maximum absolute atomic E-state index is 11.7. The number of benzene rings is 1. The molecule has 5 heteroatoms. The van der Waals surface area contributed by atoms with Crippen LogP contribution in [0.2, 0.25) is 10.0 Å². The molecule has 94 valence electrons. The monoisotopic (exact) mass is 282 g/mol. The summed E-state index contributed by atoms with van der Waals surface area (Å²) in [6.07, 6.45) is 1.47. The van der Waals surface area contributed by atoms with Crippen LogP contribution in [0.1, 0.15) is 19.4 Å². The molecule has 1 rings (SSSR count). The molecule has 0 bridgehead atoms. The zero-order valence-corrected chi connectivity index (χ0v) is 11.5. The van der Waals surface area contributed by atoms with Gasteiger partial charge in [0.15, 0.2) is 0 Å². The number of halogens is 2. The molecule has 0 heterocycles. The van der Waals surface area contributed by atoms with E-state index in [2.05, 4.69) is 5.32 Å². The van der Waals surface area contributed by atoms with Crippen LogP contribution in [-0.2, 0) is 4.79 Å². The number of rotatable bonds is 3. The van der Waals surface area contributed by atoms with Gasteiger partial charge in [-0.3, -0.25) is 4.79 Å². The highest BCUT2D eigenvalue weighted by Gasteiger charge is 2.10. The average molecular weight is 283 g/mol. The third-order valence-corrected chi connectivity index (χ3v) is 2.78. The van der Waals surface area contributed by atoms with Crippen molar-refractivity contribution in [2.75, 3.05) is 0 Å². The molecule has 0 aliphatic heterocycles. The molecule has 0 aliphatic carbocycles. The summed E-state index contributed by atoms with van der Waals surface area (Å²) in [4.78, 5) is 11.7. The minimum Gasteiger partial charge on any atom is -0.349 e. The SMILES string of the molecule is CC(C)NC(=O)/C(C#N)=C/c1ccc(Cl)c(Cl)c1. The second-order valence-corrected chi connectivity index (χ2v) is 4.79. The number of nitrogens with one attached hydrogen (secondary N) is 1. The Bertz CT molecular complexity index is 530. The molecule has 0 spiro atoms. The van der Waals surface area contributed by atoms with Crippen LogP contribution in [-0.4, -0.2) is 11.9 Å². The first-order chi connectivity index (χ1) is 8.43. The van der Waals surface area contributed by atoms with Crippen molar-refractivity contribution in [3.05, 3.63) is 39.4 Å². The van der Waals surface area contributed by atoms with Crippen LogP contribution in [0.5, 0.6) is 0 Å². The summed E-state index contributed by atoms with van der Waals surface area (Å²) in [5.74, 6) is -0.404. The molecule has 0 saturated heterocycles. The average Bonchev–Trinajstić information content (AvgIpc) is 2.29. The van der Waals surface area contributed by atoms with Gasteiger partial charge < -0.3 is 5.32 Å². The number of nitrogens with zero attached hydrogens (tertiary/aromatic N) is 1. The second-order valence-electron chi connectivity index (χ2n) is 3.97. The first-order valence-corrected chi connectivity index (χ1v) is 6.07. The molecule has 0 saturated carbocycles. The van der Waals surface area contributed by atoms with E-state index in [-0.39, 0.29) is 11.6 Å². The molecule has 1 aromatic rings. The lowest BCUT2D eigenvalue weighted by atomic mass is 10.1. The van der Waals surface area contributed by atoms with Crippen molar-refractivity contribution in [1.29, 1.82) is 5.26 Å². The molecule has 1 N–H and O–H groups in total. The highest BCUT2D eigenvalue weighted by atomic mass is 35.5. The van der Waals surface area contributed by atoms with Gasteiger partial charge in [-0.25, -0.2) is 0 Å². The predicted octanol–water partition coefficient (Wildman–Crippen LogP) is 3.42. The van der Waals surface area contributed by atoms with Crippen molar-refractivity contribution in [3.63, 3.8) is 0 Å². The number of carbonyl (C=O) groups is 1.